The number of benzene rings is 1. The molecule has 3 heterocycles. The van der Waals surface area contributed by atoms with Gasteiger partial charge in [0.2, 0.25) is 0 Å². The fourth-order valence-electron chi connectivity index (χ4n) is 6.75. The van der Waals surface area contributed by atoms with E-state index in [1.54, 1.807) is 26.2 Å². The minimum absolute atomic E-state index is 0.0150. The highest BCUT2D eigenvalue weighted by molar-refractivity contribution is 6.06. The molecule has 0 radical (unpaired) electrons. The summed E-state index contributed by atoms with van der Waals surface area (Å²) in [4.78, 5) is 46.1. The quantitative estimate of drug-likeness (QED) is 0.545. The number of ketones is 1. The van der Waals surface area contributed by atoms with E-state index in [-0.39, 0.29) is 28.3 Å². The van der Waals surface area contributed by atoms with Crippen LogP contribution in [0.1, 0.15) is 79.0 Å². The molecule has 1 saturated carbocycles. The number of carboxylic acids is 1. The number of likely N-dealkylation sites (N-methyl/N-ethyl adjacent to an activating group) is 1. The average molecular weight is 543 g/mol. The van der Waals surface area contributed by atoms with Gasteiger partial charge in [-0.15, -0.1) is 0 Å². The summed E-state index contributed by atoms with van der Waals surface area (Å²) in [6.45, 7) is 7.76. The van der Waals surface area contributed by atoms with Crippen molar-refractivity contribution in [3.05, 3.63) is 69.3 Å². The number of carbonyl (C=O) groups is 3. The highest BCUT2D eigenvalue weighted by Gasteiger charge is 2.57. The maximum atomic E-state index is 14.1. The molecular weight excluding hydrogens is 508 g/mol. The van der Waals surface area contributed by atoms with E-state index in [0.29, 0.717) is 70.1 Å². The molecule has 2 aliphatic heterocycles. The van der Waals surface area contributed by atoms with Crippen molar-refractivity contribution in [2.24, 2.45) is 5.41 Å². The summed E-state index contributed by atoms with van der Waals surface area (Å²) in [7, 11) is 3.42. The van der Waals surface area contributed by atoms with Crippen LogP contribution in [0, 0.1) is 19.3 Å². The number of amides is 1. The number of carboxylic acid groups (broad SMARTS) is 1. The number of aryl methyl sites for hydroxylation is 1. The van der Waals surface area contributed by atoms with E-state index in [0.717, 1.165) is 18.4 Å². The Bertz CT molecular complexity index is 1580. The van der Waals surface area contributed by atoms with Gasteiger partial charge in [0, 0.05) is 43.0 Å². The van der Waals surface area contributed by atoms with Crippen LogP contribution in [0.5, 0.6) is 5.75 Å². The summed E-state index contributed by atoms with van der Waals surface area (Å²) in [5.41, 5.74) is 3.80. The first-order valence-corrected chi connectivity index (χ1v) is 13.7. The topological polar surface area (TPSA) is 106 Å². The van der Waals surface area contributed by atoms with Crippen molar-refractivity contribution in [1.29, 1.82) is 0 Å². The van der Waals surface area contributed by atoms with Gasteiger partial charge in [0.05, 0.1) is 29.8 Å². The molecule has 4 aliphatic rings. The Balaban J connectivity index is 1.61. The number of aromatic carboxylic acids is 1. The highest BCUT2D eigenvalue weighted by atomic mass is 16.5. The second-order valence-corrected chi connectivity index (χ2v) is 12.4. The SMILES string of the molecule is COc1ccc(-c2ccc(C)c(C(=O)O)n2)c(C)c1[C@@H]1C2=C(CC(C)(C)CC2=O)OC2=C1C(=O)N(C)C1(CC1)C2. The van der Waals surface area contributed by atoms with Crippen molar-refractivity contribution in [1.82, 2.24) is 9.88 Å². The van der Waals surface area contributed by atoms with E-state index < -0.39 is 11.9 Å². The van der Waals surface area contributed by atoms with E-state index in [1.165, 1.54) is 0 Å². The molecule has 208 valence electrons. The van der Waals surface area contributed by atoms with Gasteiger partial charge in [0.15, 0.2) is 11.5 Å². The van der Waals surface area contributed by atoms with Crippen molar-refractivity contribution < 1.29 is 29.0 Å². The van der Waals surface area contributed by atoms with Gasteiger partial charge in [0.1, 0.15) is 17.3 Å². The summed E-state index contributed by atoms with van der Waals surface area (Å²) in [6, 6.07) is 7.20. The van der Waals surface area contributed by atoms with E-state index in [2.05, 4.69) is 18.8 Å². The first-order valence-electron chi connectivity index (χ1n) is 13.7. The normalized spacial score (nSPS) is 22.6. The second-order valence-electron chi connectivity index (χ2n) is 12.4. The Morgan fingerprint density at radius 3 is 2.40 bits per heavy atom. The van der Waals surface area contributed by atoms with Crippen LogP contribution in [0.3, 0.4) is 0 Å². The summed E-state index contributed by atoms with van der Waals surface area (Å²) in [6.07, 6.45) is 3.43. The Kier molecular flexibility index (Phi) is 5.77. The Morgan fingerprint density at radius 2 is 1.75 bits per heavy atom. The molecule has 1 aromatic heterocycles. The molecular formula is C32H34N2O6. The molecule has 40 heavy (non-hydrogen) atoms. The average Bonchev–Trinajstić information content (AvgIpc) is 3.65. The molecule has 6 rings (SSSR count). The van der Waals surface area contributed by atoms with Gasteiger partial charge in [-0.2, -0.15) is 0 Å². The van der Waals surface area contributed by atoms with Crippen molar-refractivity contribution >= 4 is 17.7 Å². The summed E-state index contributed by atoms with van der Waals surface area (Å²) < 4.78 is 12.4. The number of hydrogen-bond acceptors (Lipinski definition) is 6. The lowest BCUT2D eigenvalue weighted by Gasteiger charge is -2.44. The number of Topliss-reactive ketones (excluding diaryl/α,β-unsaturated/α-hetero) is 1. The van der Waals surface area contributed by atoms with Gasteiger partial charge in [-0.05, 0) is 61.4 Å². The molecule has 1 aromatic carbocycles. The highest BCUT2D eigenvalue weighted by Crippen LogP contribution is 2.58. The molecule has 0 saturated heterocycles. The predicted octanol–water partition coefficient (Wildman–Crippen LogP) is 5.48. The number of aromatic nitrogens is 1. The largest absolute Gasteiger partial charge is 0.496 e. The number of nitrogens with zero attached hydrogens (tertiary/aromatic N) is 2. The Labute approximate surface area is 233 Å². The summed E-state index contributed by atoms with van der Waals surface area (Å²) in [5, 5.41) is 9.69. The lowest BCUT2D eigenvalue weighted by molar-refractivity contribution is -0.131. The van der Waals surface area contributed by atoms with E-state index >= 15 is 0 Å². The first-order chi connectivity index (χ1) is 18.9. The number of methoxy groups -OCH3 is 1. The Morgan fingerprint density at radius 1 is 1.05 bits per heavy atom. The van der Waals surface area contributed by atoms with Crippen LogP contribution < -0.4 is 4.74 Å². The number of pyridine rings is 1. The monoisotopic (exact) mass is 542 g/mol. The molecule has 0 bridgehead atoms. The van der Waals surface area contributed by atoms with Gasteiger partial charge in [-0.1, -0.05) is 19.9 Å². The van der Waals surface area contributed by atoms with Crippen LogP contribution in [0.15, 0.2) is 46.9 Å². The van der Waals surface area contributed by atoms with Gasteiger partial charge in [0.25, 0.3) is 5.91 Å². The molecule has 1 amide bonds. The van der Waals surface area contributed by atoms with Gasteiger partial charge >= 0.3 is 5.97 Å². The number of hydrogen-bond donors (Lipinski definition) is 1. The number of carbonyl (C=O) groups excluding carboxylic acids is 2. The molecule has 1 fully saturated rings. The van der Waals surface area contributed by atoms with Crippen LogP contribution in [-0.2, 0) is 14.3 Å². The molecule has 1 atom stereocenters. The summed E-state index contributed by atoms with van der Waals surface area (Å²) >= 11 is 0. The first kappa shape index (κ1) is 26.3. The van der Waals surface area contributed by atoms with Gasteiger partial charge < -0.3 is 19.5 Å². The zero-order valence-electron chi connectivity index (χ0n) is 23.8. The van der Waals surface area contributed by atoms with Crippen molar-refractivity contribution in [2.75, 3.05) is 14.2 Å². The fraction of sp³-hybridized carbons (Fsp3) is 0.438. The van der Waals surface area contributed by atoms with Gasteiger partial charge in [-0.3, -0.25) is 9.59 Å². The predicted molar refractivity (Wildman–Crippen MR) is 148 cm³/mol. The van der Waals surface area contributed by atoms with Gasteiger partial charge in [-0.25, -0.2) is 9.78 Å². The van der Waals surface area contributed by atoms with Crippen molar-refractivity contribution in [3.8, 4) is 17.0 Å². The standard InChI is InChI=1S/C32H34N2O6/c1-16-7-9-19(33-28(16)30(37)38)18-8-10-21(39-6)24(17(18)2)27-25-20(35)13-31(3,4)14-22(25)40-23-15-32(11-12-32)34(5)29(36)26(23)27/h7-10,27H,11-15H2,1-6H3,(H,37,38)/t27-/m1/s1. The second kappa shape index (κ2) is 8.78. The van der Waals surface area contributed by atoms with Crippen LogP contribution >= 0.6 is 0 Å². The smallest absolute Gasteiger partial charge is 0.354 e. The third-order valence-corrected chi connectivity index (χ3v) is 9.13. The molecule has 8 nitrogen and oxygen atoms in total. The maximum Gasteiger partial charge on any atom is 0.354 e. The Hall–Kier alpha value is -3.94. The zero-order valence-corrected chi connectivity index (χ0v) is 23.8. The molecule has 1 spiro atoms. The minimum Gasteiger partial charge on any atom is -0.496 e. The van der Waals surface area contributed by atoms with Crippen molar-refractivity contribution in [2.45, 2.75) is 71.3 Å². The van der Waals surface area contributed by atoms with Crippen LogP contribution in [0.25, 0.3) is 11.3 Å². The molecule has 0 unspecified atom stereocenters. The van der Waals surface area contributed by atoms with Crippen LogP contribution in [0.4, 0.5) is 0 Å². The van der Waals surface area contributed by atoms with Crippen molar-refractivity contribution in [3.63, 3.8) is 0 Å². The number of rotatable bonds is 4. The fourth-order valence-corrected chi connectivity index (χ4v) is 6.75. The van der Waals surface area contributed by atoms with Crippen LogP contribution in [0.2, 0.25) is 0 Å². The maximum absolute atomic E-state index is 14.1. The molecule has 2 aliphatic carbocycles. The van der Waals surface area contributed by atoms with Crippen LogP contribution in [-0.4, -0.2) is 52.3 Å². The molecule has 8 heteroatoms. The number of allylic oxidation sites excluding steroid dienone is 2. The minimum atomic E-state index is -1.10. The van der Waals surface area contributed by atoms with E-state index in [4.69, 9.17) is 9.47 Å². The molecule has 1 N–H and O–H groups in total. The molecule has 2 aromatic rings. The zero-order chi connectivity index (χ0) is 28.7. The third-order valence-electron chi connectivity index (χ3n) is 9.13. The van der Waals surface area contributed by atoms with E-state index in [1.807, 2.05) is 31.0 Å². The van der Waals surface area contributed by atoms with E-state index in [9.17, 15) is 19.5 Å². The summed E-state index contributed by atoms with van der Waals surface area (Å²) in [5.74, 6) is -0.0558. The third kappa shape index (κ3) is 3.87. The lowest BCUT2D eigenvalue weighted by Crippen LogP contribution is -2.47. The number of ether oxygens (including phenoxy) is 2. The lowest BCUT2D eigenvalue weighted by atomic mass is 9.68.